The number of aromatic nitrogens is 1. The predicted molar refractivity (Wildman–Crippen MR) is 133 cm³/mol. The third-order valence-electron chi connectivity index (χ3n) is 6.23. The van der Waals surface area contributed by atoms with Crippen LogP contribution in [0.5, 0.6) is 11.5 Å². The zero-order valence-electron chi connectivity index (χ0n) is 20.2. The van der Waals surface area contributed by atoms with Gasteiger partial charge in [0.25, 0.3) is 5.91 Å². The summed E-state index contributed by atoms with van der Waals surface area (Å²) in [5, 5.41) is 3.11. The number of benzene rings is 2. The first-order chi connectivity index (χ1) is 16.6. The number of nitrogens with one attached hydrogen (secondary N) is 1. The lowest BCUT2D eigenvalue weighted by atomic mass is 10.1. The Kier molecular flexibility index (Phi) is 7.87. The second kappa shape index (κ2) is 11.2. The van der Waals surface area contributed by atoms with Gasteiger partial charge in [0.1, 0.15) is 11.5 Å². The molecule has 1 aromatic heterocycles. The van der Waals surface area contributed by atoms with E-state index in [2.05, 4.69) is 14.8 Å². The van der Waals surface area contributed by atoms with Crippen LogP contribution in [-0.4, -0.2) is 69.0 Å². The first-order valence-electron chi connectivity index (χ1n) is 11.7. The van der Waals surface area contributed by atoms with Crippen molar-refractivity contribution in [3.8, 4) is 28.4 Å². The molecular weight excluding hydrogens is 430 g/mol. The number of methoxy groups -OCH3 is 2. The van der Waals surface area contributed by atoms with Crippen molar-refractivity contribution in [1.29, 1.82) is 0 Å². The Hall–Kier alpha value is -3.29. The van der Waals surface area contributed by atoms with E-state index in [-0.39, 0.29) is 5.91 Å². The highest BCUT2D eigenvalue weighted by molar-refractivity contribution is 5.97. The average Bonchev–Trinajstić information content (AvgIpc) is 3.24. The van der Waals surface area contributed by atoms with Crippen LogP contribution in [0.25, 0.3) is 16.9 Å². The van der Waals surface area contributed by atoms with Crippen LogP contribution in [0.3, 0.4) is 0 Å². The van der Waals surface area contributed by atoms with Crippen molar-refractivity contribution in [2.75, 3.05) is 53.6 Å². The average molecular weight is 464 g/mol. The van der Waals surface area contributed by atoms with E-state index in [1.165, 1.54) is 0 Å². The van der Waals surface area contributed by atoms with E-state index in [1.54, 1.807) is 14.2 Å². The molecule has 0 bridgehead atoms. The number of ether oxygens (including phenoxy) is 3. The molecule has 4 rings (SSSR count). The Bertz CT molecular complexity index is 1100. The Morgan fingerprint density at radius 2 is 1.79 bits per heavy atom. The van der Waals surface area contributed by atoms with Gasteiger partial charge in [-0.1, -0.05) is 30.3 Å². The molecule has 1 N–H and O–H groups in total. The van der Waals surface area contributed by atoms with Gasteiger partial charge in [0.2, 0.25) is 0 Å². The standard InChI is InChI=1S/C27H33N3O4/c1-20-23(27(31)28-12-7-13-29-14-16-34-17-15-29)19-25(21-8-5-4-6-9-21)30(20)24-11-10-22(32-2)18-26(24)33-3/h4-6,8-11,18-19H,7,12-17H2,1-3H3,(H,28,31). The molecule has 1 fully saturated rings. The van der Waals surface area contributed by atoms with Crippen LogP contribution in [-0.2, 0) is 4.74 Å². The highest BCUT2D eigenvalue weighted by Gasteiger charge is 2.22. The van der Waals surface area contributed by atoms with Crippen molar-refractivity contribution >= 4 is 5.91 Å². The van der Waals surface area contributed by atoms with E-state index in [0.717, 1.165) is 61.9 Å². The fourth-order valence-corrected chi connectivity index (χ4v) is 4.36. The predicted octanol–water partition coefficient (Wildman–Crippen LogP) is 3.92. The fraction of sp³-hybridized carbons (Fsp3) is 0.370. The molecule has 2 aromatic carbocycles. The molecule has 3 aromatic rings. The van der Waals surface area contributed by atoms with Gasteiger partial charge in [-0.3, -0.25) is 9.69 Å². The summed E-state index contributed by atoms with van der Waals surface area (Å²) in [6, 6.07) is 17.8. The third-order valence-corrected chi connectivity index (χ3v) is 6.23. The van der Waals surface area contributed by atoms with E-state index in [0.29, 0.717) is 23.6 Å². The van der Waals surface area contributed by atoms with E-state index in [4.69, 9.17) is 14.2 Å². The lowest BCUT2D eigenvalue weighted by molar-refractivity contribution is 0.0374. The van der Waals surface area contributed by atoms with E-state index < -0.39 is 0 Å². The van der Waals surface area contributed by atoms with E-state index >= 15 is 0 Å². The summed E-state index contributed by atoms with van der Waals surface area (Å²) in [7, 11) is 3.27. The lowest BCUT2D eigenvalue weighted by Crippen LogP contribution is -2.38. The summed E-state index contributed by atoms with van der Waals surface area (Å²) in [6.07, 6.45) is 0.906. The highest BCUT2D eigenvalue weighted by atomic mass is 16.5. The maximum absolute atomic E-state index is 13.2. The van der Waals surface area contributed by atoms with Crippen LogP contribution in [0, 0.1) is 6.92 Å². The number of nitrogens with zero attached hydrogens (tertiary/aromatic N) is 2. The zero-order chi connectivity index (χ0) is 23.9. The van der Waals surface area contributed by atoms with Gasteiger partial charge in [0.05, 0.1) is 44.4 Å². The molecule has 1 aliphatic heterocycles. The molecule has 0 radical (unpaired) electrons. The molecule has 2 heterocycles. The molecule has 0 saturated carbocycles. The van der Waals surface area contributed by atoms with Crippen molar-refractivity contribution in [2.45, 2.75) is 13.3 Å². The van der Waals surface area contributed by atoms with Gasteiger partial charge >= 0.3 is 0 Å². The fourth-order valence-electron chi connectivity index (χ4n) is 4.36. The molecule has 0 aliphatic carbocycles. The topological polar surface area (TPSA) is 65.0 Å². The molecule has 0 unspecified atom stereocenters. The Morgan fingerprint density at radius 3 is 2.50 bits per heavy atom. The first-order valence-corrected chi connectivity index (χ1v) is 11.7. The van der Waals surface area contributed by atoms with Crippen LogP contribution in [0.2, 0.25) is 0 Å². The number of rotatable bonds is 9. The third kappa shape index (κ3) is 5.26. The van der Waals surface area contributed by atoms with Crippen LogP contribution < -0.4 is 14.8 Å². The minimum atomic E-state index is -0.0668. The maximum Gasteiger partial charge on any atom is 0.253 e. The van der Waals surface area contributed by atoms with Crippen molar-refractivity contribution in [3.05, 3.63) is 65.9 Å². The zero-order valence-corrected chi connectivity index (χ0v) is 20.2. The van der Waals surface area contributed by atoms with Crippen LogP contribution in [0.1, 0.15) is 22.5 Å². The van der Waals surface area contributed by atoms with E-state index in [1.807, 2.05) is 61.5 Å². The smallest absolute Gasteiger partial charge is 0.253 e. The summed E-state index contributed by atoms with van der Waals surface area (Å²) in [5.74, 6) is 1.32. The van der Waals surface area contributed by atoms with Crippen molar-refractivity contribution in [2.24, 2.45) is 0 Å². The molecule has 1 aliphatic rings. The quantitative estimate of drug-likeness (QED) is 0.488. The van der Waals surface area contributed by atoms with Gasteiger partial charge in [0.15, 0.2) is 0 Å². The van der Waals surface area contributed by atoms with Crippen molar-refractivity contribution < 1.29 is 19.0 Å². The van der Waals surface area contributed by atoms with Gasteiger partial charge in [-0.25, -0.2) is 0 Å². The second-order valence-electron chi connectivity index (χ2n) is 8.33. The van der Waals surface area contributed by atoms with Gasteiger partial charge in [-0.15, -0.1) is 0 Å². The molecule has 1 amide bonds. The lowest BCUT2D eigenvalue weighted by Gasteiger charge is -2.26. The maximum atomic E-state index is 13.2. The first kappa shape index (κ1) is 23.9. The van der Waals surface area contributed by atoms with Crippen LogP contribution in [0.4, 0.5) is 0 Å². The second-order valence-corrected chi connectivity index (χ2v) is 8.33. The summed E-state index contributed by atoms with van der Waals surface area (Å²) < 4.78 is 18.5. The highest BCUT2D eigenvalue weighted by Crippen LogP contribution is 2.35. The number of amides is 1. The summed E-state index contributed by atoms with van der Waals surface area (Å²) in [6.45, 7) is 7.06. The van der Waals surface area contributed by atoms with Gasteiger partial charge in [-0.2, -0.15) is 0 Å². The van der Waals surface area contributed by atoms with Crippen LogP contribution in [0.15, 0.2) is 54.6 Å². The Morgan fingerprint density at radius 1 is 1.03 bits per heavy atom. The Labute approximate surface area is 201 Å². The Balaban J connectivity index is 1.60. The molecule has 0 spiro atoms. The molecule has 180 valence electrons. The largest absolute Gasteiger partial charge is 0.497 e. The minimum absolute atomic E-state index is 0.0668. The number of morpholine rings is 1. The van der Waals surface area contributed by atoms with Crippen molar-refractivity contribution in [3.63, 3.8) is 0 Å². The molecule has 7 nitrogen and oxygen atoms in total. The summed E-state index contributed by atoms with van der Waals surface area (Å²) in [5.41, 5.74) is 4.32. The monoisotopic (exact) mass is 463 g/mol. The molecule has 0 atom stereocenters. The van der Waals surface area contributed by atoms with Crippen LogP contribution >= 0.6 is 0 Å². The van der Waals surface area contributed by atoms with Gasteiger partial charge in [-0.05, 0) is 43.7 Å². The van der Waals surface area contributed by atoms with Crippen molar-refractivity contribution in [1.82, 2.24) is 14.8 Å². The SMILES string of the molecule is COc1ccc(-n2c(-c3ccccc3)cc(C(=O)NCCCN3CCOCC3)c2C)c(OC)c1. The normalized spacial score (nSPS) is 14.1. The number of hydrogen-bond acceptors (Lipinski definition) is 5. The molecule has 7 heteroatoms. The minimum Gasteiger partial charge on any atom is -0.497 e. The van der Waals surface area contributed by atoms with Gasteiger partial charge < -0.3 is 24.1 Å². The molecule has 1 saturated heterocycles. The summed E-state index contributed by atoms with van der Waals surface area (Å²) >= 11 is 0. The number of hydrogen-bond donors (Lipinski definition) is 1. The molecular formula is C27H33N3O4. The number of carbonyl (C=O) groups is 1. The van der Waals surface area contributed by atoms with Gasteiger partial charge in [0, 0.05) is 31.4 Å². The summed E-state index contributed by atoms with van der Waals surface area (Å²) in [4.78, 5) is 15.6. The number of carbonyl (C=O) groups excluding carboxylic acids is 1. The van der Waals surface area contributed by atoms with E-state index in [9.17, 15) is 4.79 Å². The molecule has 34 heavy (non-hydrogen) atoms.